The van der Waals surface area contributed by atoms with Crippen LogP contribution in [0, 0.1) is 20.8 Å². The number of nitrogens with one attached hydrogen (secondary N) is 1. The van der Waals surface area contributed by atoms with E-state index in [2.05, 4.69) is 20.6 Å². The first-order valence-electron chi connectivity index (χ1n) is 10.8. The predicted molar refractivity (Wildman–Crippen MR) is 135 cm³/mol. The van der Waals surface area contributed by atoms with Crippen molar-refractivity contribution >= 4 is 40.0 Å². The summed E-state index contributed by atoms with van der Waals surface area (Å²) in [5.74, 6) is 0.658. The Balaban J connectivity index is 1.38. The van der Waals surface area contributed by atoms with E-state index in [-0.39, 0.29) is 5.91 Å². The lowest BCUT2D eigenvalue weighted by molar-refractivity contribution is 0.0924. The Kier molecular flexibility index (Phi) is 6.21. The van der Waals surface area contributed by atoms with Gasteiger partial charge in [-0.15, -0.1) is 10.2 Å². The van der Waals surface area contributed by atoms with Crippen LogP contribution < -0.4 is 5.32 Å². The van der Waals surface area contributed by atoms with E-state index >= 15 is 0 Å². The number of carbonyl (C=O) groups is 1. The van der Waals surface area contributed by atoms with Crippen molar-refractivity contribution in [2.75, 3.05) is 0 Å². The molecule has 1 amide bonds. The Morgan fingerprint density at radius 3 is 2.56 bits per heavy atom. The van der Waals surface area contributed by atoms with Gasteiger partial charge in [0.05, 0.1) is 11.4 Å². The quantitative estimate of drug-likeness (QED) is 0.299. The van der Waals surface area contributed by atoms with Crippen molar-refractivity contribution in [3.63, 3.8) is 0 Å². The number of furan rings is 1. The van der Waals surface area contributed by atoms with E-state index < -0.39 is 0 Å². The predicted octanol–water partition coefficient (Wildman–Crippen LogP) is 5.62. The number of para-hydroxylation sites is 2. The molecule has 7 nitrogen and oxygen atoms in total. The minimum Gasteiger partial charge on any atom is -0.451 e. The van der Waals surface area contributed by atoms with E-state index in [1.807, 2.05) is 80.1 Å². The van der Waals surface area contributed by atoms with E-state index in [1.54, 1.807) is 23.1 Å². The summed E-state index contributed by atoms with van der Waals surface area (Å²) in [6.45, 7) is 6.27. The van der Waals surface area contributed by atoms with E-state index in [0.29, 0.717) is 23.6 Å². The molecular formula is C25H23N5O2S2. The van der Waals surface area contributed by atoms with Crippen molar-refractivity contribution in [2.45, 2.75) is 37.4 Å². The maximum Gasteiger partial charge on any atom is 0.287 e. The first-order valence-corrected chi connectivity index (χ1v) is 12.6. The largest absolute Gasteiger partial charge is 0.451 e. The van der Waals surface area contributed by atoms with Gasteiger partial charge in [-0.2, -0.15) is 5.10 Å². The molecule has 0 aliphatic carbocycles. The van der Waals surface area contributed by atoms with Crippen LogP contribution >= 0.6 is 23.1 Å². The van der Waals surface area contributed by atoms with Crippen LogP contribution in [0.25, 0.3) is 16.7 Å². The monoisotopic (exact) mass is 489 g/mol. The molecule has 1 N–H and O–H groups in total. The molecule has 172 valence electrons. The Morgan fingerprint density at radius 1 is 1.03 bits per heavy atom. The number of hydrogen-bond acceptors (Lipinski definition) is 7. The summed E-state index contributed by atoms with van der Waals surface area (Å²) in [5.41, 5.74) is 5.42. The minimum absolute atomic E-state index is 0.244. The lowest BCUT2D eigenvalue weighted by atomic mass is 10.1. The van der Waals surface area contributed by atoms with Gasteiger partial charge in [-0.1, -0.05) is 59.5 Å². The van der Waals surface area contributed by atoms with Crippen LogP contribution in [0.1, 0.15) is 38.1 Å². The lowest BCUT2D eigenvalue weighted by Crippen LogP contribution is -2.24. The fourth-order valence-corrected chi connectivity index (χ4v) is 5.74. The number of fused-ring (bicyclic) bond motifs is 1. The molecule has 0 bridgehead atoms. The SMILES string of the molecule is Cc1nnc(SCc2c(C(=O)NCc3c(C)nn(-c4ccccc4)c3C)oc3ccccc23)s1. The second-order valence-electron chi connectivity index (χ2n) is 7.86. The molecule has 9 heteroatoms. The minimum atomic E-state index is -0.244. The lowest BCUT2D eigenvalue weighted by Gasteiger charge is -2.07. The van der Waals surface area contributed by atoms with Crippen molar-refractivity contribution < 1.29 is 9.21 Å². The smallest absolute Gasteiger partial charge is 0.287 e. The van der Waals surface area contributed by atoms with Crippen LogP contribution in [0.4, 0.5) is 0 Å². The standard InChI is InChI=1S/C25H23N5O2S2/c1-15-20(16(2)30(29-15)18-9-5-4-6-10-18)13-26-24(31)23-21(14-33-25-28-27-17(3)34-25)19-11-7-8-12-22(19)32-23/h4-12H,13-14H2,1-3H3,(H,26,31). The first kappa shape index (κ1) is 22.4. The van der Waals surface area contributed by atoms with Gasteiger partial charge >= 0.3 is 0 Å². The molecule has 0 saturated carbocycles. The number of aromatic nitrogens is 4. The third-order valence-electron chi connectivity index (χ3n) is 5.62. The number of hydrogen-bond donors (Lipinski definition) is 1. The third kappa shape index (κ3) is 4.36. The fourth-order valence-electron chi connectivity index (χ4n) is 3.90. The summed E-state index contributed by atoms with van der Waals surface area (Å²) in [4.78, 5) is 13.3. The highest BCUT2D eigenvalue weighted by Gasteiger charge is 2.22. The summed E-state index contributed by atoms with van der Waals surface area (Å²) in [7, 11) is 0. The topological polar surface area (TPSA) is 85.8 Å². The zero-order valence-corrected chi connectivity index (χ0v) is 20.7. The summed E-state index contributed by atoms with van der Waals surface area (Å²) < 4.78 is 8.78. The second kappa shape index (κ2) is 9.44. The molecule has 5 rings (SSSR count). The van der Waals surface area contributed by atoms with Gasteiger partial charge in [0.25, 0.3) is 5.91 Å². The van der Waals surface area contributed by atoms with Crippen LogP contribution in [0.2, 0.25) is 0 Å². The zero-order valence-electron chi connectivity index (χ0n) is 19.0. The molecule has 0 saturated heterocycles. The summed E-state index contributed by atoms with van der Waals surface area (Å²) in [5, 5.41) is 17.8. The first-order chi connectivity index (χ1) is 16.5. The maximum atomic E-state index is 13.3. The highest BCUT2D eigenvalue weighted by Crippen LogP contribution is 2.33. The Bertz CT molecular complexity index is 1470. The zero-order chi connectivity index (χ0) is 23.7. The number of thioether (sulfide) groups is 1. The number of carbonyl (C=O) groups excluding carboxylic acids is 1. The molecule has 34 heavy (non-hydrogen) atoms. The van der Waals surface area contributed by atoms with Crippen LogP contribution in [0.15, 0.2) is 63.4 Å². The molecule has 2 aromatic carbocycles. The molecule has 0 spiro atoms. The van der Waals surface area contributed by atoms with Gasteiger partial charge in [-0.05, 0) is 39.0 Å². The molecule has 0 atom stereocenters. The maximum absolute atomic E-state index is 13.3. The van der Waals surface area contributed by atoms with E-state index in [0.717, 1.165) is 42.9 Å². The average Bonchev–Trinajstić information content (AvgIpc) is 3.52. The molecule has 5 aromatic rings. The fraction of sp³-hybridized carbons (Fsp3) is 0.200. The van der Waals surface area contributed by atoms with Gasteiger partial charge < -0.3 is 9.73 Å². The number of rotatable bonds is 7. The molecular weight excluding hydrogens is 466 g/mol. The van der Waals surface area contributed by atoms with E-state index in [1.165, 1.54) is 0 Å². The van der Waals surface area contributed by atoms with Crippen LogP contribution in [0.3, 0.4) is 0 Å². The number of amides is 1. The Morgan fingerprint density at radius 2 is 1.79 bits per heavy atom. The molecule has 0 aliphatic rings. The average molecular weight is 490 g/mol. The van der Waals surface area contributed by atoms with Crippen LogP contribution in [0.5, 0.6) is 0 Å². The molecule has 0 fully saturated rings. The van der Waals surface area contributed by atoms with Gasteiger partial charge in [-0.3, -0.25) is 4.79 Å². The molecule has 0 aliphatic heterocycles. The van der Waals surface area contributed by atoms with Gasteiger partial charge in [0.2, 0.25) is 0 Å². The van der Waals surface area contributed by atoms with Crippen molar-refractivity contribution in [3.05, 3.63) is 87.9 Å². The van der Waals surface area contributed by atoms with E-state index in [4.69, 9.17) is 4.42 Å². The molecule has 0 unspecified atom stereocenters. The second-order valence-corrected chi connectivity index (χ2v) is 10.3. The third-order valence-corrected chi connectivity index (χ3v) is 7.62. The van der Waals surface area contributed by atoms with Gasteiger partial charge in [0, 0.05) is 34.5 Å². The van der Waals surface area contributed by atoms with E-state index in [9.17, 15) is 4.79 Å². The van der Waals surface area contributed by atoms with Crippen molar-refractivity contribution in [1.82, 2.24) is 25.3 Å². The summed E-state index contributed by atoms with van der Waals surface area (Å²) in [6.07, 6.45) is 0. The number of aryl methyl sites for hydroxylation is 2. The van der Waals surface area contributed by atoms with Crippen LogP contribution in [-0.4, -0.2) is 25.9 Å². The Labute approximate surface area is 205 Å². The van der Waals surface area contributed by atoms with Crippen LogP contribution in [-0.2, 0) is 12.3 Å². The Hall–Kier alpha value is -3.43. The van der Waals surface area contributed by atoms with Gasteiger partial charge in [-0.25, -0.2) is 4.68 Å². The highest BCUT2D eigenvalue weighted by molar-refractivity contribution is 8.00. The van der Waals surface area contributed by atoms with Crippen molar-refractivity contribution in [3.8, 4) is 5.69 Å². The number of benzene rings is 2. The number of nitrogens with zero attached hydrogens (tertiary/aromatic N) is 4. The molecule has 3 heterocycles. The van der Waals surface area contributed by atoms with Crippen molar-refractivity contribution in [2.24, 2.45) is 0 Å². The van der Waals surface area contributed by atoms with Gasteiger partial charge in [0.15, 0.2) is 10.1 Å². The summed E-state index contributed by atoms with van der Waals surface area (Å²) >= 11 is 3.10. The summed E-state index contributed by atoms with van der Waals surface area (Å²) in [6, 6.07) is 17.7. The normalized spacial score (nSPS) is 11.3. The molecule has 0 radical (unpaired) electrons. The molecule has 3 aromatic heterocycles. The highest BCUT2D eigenvalue weighted by atomic mass is 32.2. The van der Waals surface area contributed by atoms with Crippen molar-refractivity contribution in [1.29, 1.82) is 0 Å². The van der Waals surface area contributed by atoms with Gasteiger partial charge in [0.1, 0.15) is 10.6 Å².